The van der Waals surface area contributed by atoms with Gasteiger partial charge in [0.1, 0.15) is 0 Å². The number of nitrogens with zero attached hydrogens (tertiary/aromatic N) is 3. The lowest BCUT2D eigenvalue weighted by atomic mass is 9.85. The highest BCUT2D eigenvalue weighted by Gasteiger charge is 2.28. The maximum Gasteiger partial charge on any atom is 0.315 e. The van der Waals surface area contributed by atoms with Crippen molar-refractivity contribution in [1.29, 1.82) is 0 Å². The molecule has 1 N–H and O–H groups in total. The van der Waals surface area contributed by atoms with Crippen molar-refractivity contribution in [3.05, 3.63) is 30.0 Å². The molecule has 0 spiro atoms. The van der Waals surface area contributed by atoms with Gasteiger partial charge in [-0.15, -0.1) is 5.10 Å². The van der Waals surface area contributed by atoms with E-state index >= 15 is 0 Å². The number of nitrogens with one attached hydrogen (secondary N) is 1. The number of hydrogen-bond donors (Lipinski definition) is 1. The standard InChI is InChI=1S/C16H20N4O3/c21-15(13-7-3-9-22-13)20-8-2-6-12(10-20)17-16-19-18-14(23-16)11-4-1-5-11/h3,7,9,11-12H,1-2,4-6,8,10H2,(H,17,19). The van der Waals surface area contributed by atoms with Crippen LogP contribution in [-0.4, -0.2) is 40.1 Å². The van der Waals surface area contributed by atoms with Gasteiger partial charge in [-0.3, -0.25) is 4.79 Å². The molecule has 0 aromatic carbocycles. The summed E-state index contributed by atoms with van der Waals surface area (Å²) >= 11 is 0. The van der Waals surface area contributed by atoms with E-state index in [1.54, 1.807) is 12.1 Å². The summed E-state index contributed by atoms with van der Waals surface area (Å²) in [6.07, 6.45) is 6.94. The molecule has 1 saturated carbocycles. The molecule has 122 valence electrons. The second-order valence-corrected chi connectivity index (χ2v) is 6.29. The van der Waals surface area contributed by atoms with Gasteiger partial charge in [-0.05, 0) is 37.8 Å². The molecule has 2 aliphatic rings. The number of piperidine rings is 1. The van der Waals surface area contributed by atoms with Gasteiger partial charge in [-0.1, -0.05) is 11.5 Å². The smallest absolute Gasteiger partial charge is 0.315 e. The summed E-state index contributed by atoms with van der Waals surface area (Å²) in [5.74, 6) is 1.48. The molecule has 1 unspecified atom stereocenters. The first-order valence-corrected chi connectivity index (χ1v) is 8.22. The Bertz CT molecular complexity index is 663. The first kappa shape index (κ1) is 14.3. The summed E-state index contributed by atoms with van der Waals surface area (Å²) in [5.41, 5.74) is 0. The molecule has 0 radical (unpaired) electrons. The molecule has 1 saturated heterocycles. The lowest BCUT2D eigenvalue weighted by Gasteiger charge is -2.32. The third-order valence-corrected chi connectivity index (χ3v) is 4.66. The normalized spacial score (nSPS) is 21.9. The largest absolute Gasteiger partial charge is 0.459 e. The minimum absolute atomic E-state index is 0.0674. The molecule has 1 aliphatic carbocycles. The van der Waals surface area contributed by atoms with E-state index in [1.807, 2.05) is 4.90 Å². The second kappa shape index (κ2) is 6.06. The van der Waals surface area contributed by atoms with Crippen molar-refractivity contribution < 1.29 is 13.6 Å². The van der Waals surface area contributed by atoms with Gasteiger partial charge >= 0.3 is 6.01 Å². The van der Waals surface area contributed by atoms with Crippen LogP contribution in [0, 0.1) is 0 Å². The van der Waals surface area contributed by atoms with Crippen molar-refractivity contribution in [2.45, 2.75) is 44.1 Å². The van der Waals surface area contributed by atoms with Crippen LogP contribution in [0.5, 0.6) is 0 Å². The average molecular weight is 316 g/mol. The summed E-state index contributed by atoms with van der Waals surface area (Å²) in [6, 6.07) is 4.01. The highest BCUT2D eigenvalue weighted by Crippen LogP contribution is 2.36. The van der Waals surface area contributed by atoms with Crippen LogP contribution >= 0.6 is 0 Å². The molecule has 1 aliphatic heterocycles. The highest BCUT2D eigenvalue weighted by molar-refractivity contribution is 5.91. The molecule has 2 aromatic rings. The minimum Gasteiger partial charge on any atom is -0.459 e. The Balaban J connectivity index is 1.37. The summed E-state index contributed by atoms with van der Waals surface area (Å²) in [4.78, 5) is 14.2. The fourth-order valence-electron chi connectivity index (χ4n) is 3.12. The van der Waals surface area contributed by atoms with Crippen LogP contribution in [0.15, 0.2) is 27.2 Å². The van der Waals surface area contributed by atoms with Crippen molar-refractivity contribution in [3.63, 3.8) is 0 Å². The maximum absolute atomic E-state index is 12.4. The molecule has 23 heavy (non-hydrogen) atoms. The van der Waals surface area contributed by atoms with E-state index in [1.165, 1.54) is 12.7 Å². The molecule has 4 rings (SSSR count). The topological polar surface area (TPSA) is 84.4 Å². The van der Waals surface area contributed by atoms with Gasteiger partial charge in [0, 0.05) is 25.0 Å². The van der Waals surface area contributed by atoms with Crippen LogP contribution in [0.25, 0.3) is 0 Å². The Morgan fingerprint density at radius 2 is 2.17 bits per heavy atom. The summed E-state index contributed by atoms with van der Waals surface area (Å²) in [7, 11) is 0. The van der Waals surface area contributed by atoms with Crippen molar-refractivity contribution in [3.8, 4) is 0 Å². The van der Waals surface area contributed by atoms with Crippen LogP contribution in [0.4, 0.5) is 6.01 Å². The van der Waals surface area contributed by atoms with Crippen molar-refractivity contribution in [1.82, 2.24) is 15.1 Å². The number of amides is 1. The highest BCUT2D eigenvalue weighted by atomic mass is 16.4. The number of carbonyl (C=O) groups is 1. The molecule has 2 fully saturated rings. The lowest BCUT2D eigenvalue weighted by molar-refractivity contribution is 0.0682. The number of likely N-dealkylation sites (tertiary alicyclic amines) is 1. The van der Waals surface area contributed by atoms with Gasteiger partial charge in [0.05, 0.1) is 6.26 Å². The summed E-state index contributed by atoms with van der Waals surface area (Å²) < 4.78 is 10.9. The number of aromatic nitrogens is 2. The molecular weight excluding hydrogens is 296 g/mol. The van der Waals surface area contributed by atoms with Gasteiger partial charge in [0.25, 0.3) is 5.91 Å². The molecule has 3 heterocycles. The van der Waals surface area contributed by atoms with E-state index in [0.717, 1.165) is 38.1 Å². The van der Waals surface area contributed by atoms with Gasteiger partial charge in [-0.2, -0.15) is 0 Å². The third kappa shape index (κ3) is 2.95. The number of rotatable bonds is 4. The molecule has 7 heteroatoms. The van der Waals surface area contributed by atoms with Gasteiger partial charge < -0.3 is 19.1 Å². The van der Waals surface area contributed by atoms with E-state index in [2.05, 4.69) is 15.5 Å². The number of hydrogen-bond acceptors (Lipinski definition) is 6. The van der Waals surface area contributed by atoms with Crippen LogP contribution in [0.3, 0.4) is 0 Å². The Labute approximate surface area is 134 Å². The first-order chi connectivity index (χ1) is 11.3. The average Bonchev–Trinajstić information content (AvgIpc) is 3.17. The molecule has 7 nitrogen and oxygen atoms in total. The summed E-state index contributed by atoms with van der Waals surface area (Å²) in [5, 5.41) is 11.5. The van der Waals surface area contributed by atoms with Gasteiger partial charge in [-0.25, -0.2) is 0 Å². The molecular formula is C16H20N4O3. The zero-order valence-corrected chi connectivity index (χ0v) is 12.9. The molecule has 1 amide bonds. The first-order valence-electron chi connectivity index (χ1n) is 8.22. The molecule has 0 bridgehead atoms. The predicted molar refractivity (Wildman–Crippen MR) is 82.1 cm³/mol. The van der Waals surface area contributed by atoms with Crippen LogP contribution in [0.1, 0.15) is 54.5 Å². The Kier molecular flexibility index (Phi) is 3.77. The predicted octanol–water partition coefficient (Wildman–Crippen LogP) is 2.65. The summed E-state index contributed by atoms with van der Waals surface area (Å²) in [6.45, 7) is 1.36. The van der Waals surface area contributed by atoms with E-state index in [4.69, 9.17) is 8.83 Å². The van der Waals surface area contributed by atoms with E-state index < -0.39 is 0 Å². The van der Waals surface area contributed by atoms with Gasteiger partial charge in [0.2, 0.25) is 5.89 Å². The fourth-order valence-corrected chi connectivity index (χ4v) is 3.12. The fraction of sp³-hybridized carbons (Fsp3) is 0.562. The van der Waals surface area contributed by atoms with E-state index in [9.17, 15) is 4.79 Å². The Morgan fingerprint density at radius 1 is 1.26 bits per heavy atom. The Morgan fingerprint density at radius 3 is 2.91 bits per heavy atom. The SMILES string of the molecule is O=C(c1ccco1)N1CCCC(Nc2nnc(C3CCC3)o2)C1. The van der Waals surface area contributed by atoms with Crippen LogP contribution < -0.4 is 5.32 Å². The molecule has 1 atom stereocenters. The molecule has 2 aromatic heterocycles. The number of furan rings is 1. The second-order valence-electron chi connectivity index (χ2n) is 6.29. The quantitative estimate of drug-likeness (QED) is 0.933. The van der Waals surface area contributed by atoms with Crippen molar-refractivity contribution in [2.24, 2.45) is 0 Å². The van der Waals surface area contributed by atoms with E-state index in [-0.39, 0.29) is 11.9 Å². The third-order valence-electron chi connectivity index (χ3n) is 4.66. The number of carbonyl (C=O) groups excluding carboxylic acids is 1. The monoisotopic (exact) mass is 316 g/mol. The van der Waals surface area contributed by atoms with Gasteiger partial charge in [0.15, 0.2) is 5.76 Å². The van der Waals surface area contributed by atoms with Crippen molar-refractivity contribution >= 4 is 11.9 Å². The maximum atomic E-state index is 12.4. The zero-order chi connectivity index (χ0) is 15.6. The number of anilines is 1. The lowest BCUT2D eigenvalue weighted by Crippen LogP contribution is -2.45. The zero-order valence-electron chi connectivity index (χ0n) is 12.9. The van der Waals surface area contributed by atoms with Crippen LogP contribution in [-0.2, 0) is 0 Å². The van der Waals surface area contributed by atoms with Crippen molar-refractivity contribution in [2.75, 3.05) is 18.4 Å². The Hall–Kier alpha value is -2.31. The van der Waals surface area contributed by atoms with Crippen LogP contribution in [0.2, 0.25) is 0 Å². The minimum atomic E-state index is -0.0674. The van der Waals surface area contributed by atoms with E-state index in [0.29, 0.717) is 24.2 Å².